The predicted molar refractivity (Wildman–Crippen MR) is 95.9 cm³/mol. The van der Waals surface area contributed by atoms with E-state index in [1.807, 2.05) is 0 Å². The van der Waals surface area contributed by atoms with E-state index < -0.39 is 49.6 Å². The van der Waals surface area contributed by atoms with Crippen LogP contribution in [0.15, 0.2) is 22.5 Å². The van der Waals surface area contributed by atoms with Crippen molar-refractivity contribution in [2.24, 2.45) is 0 Å². The van der Waals surface area contributed by atoms with Crippen LogP contribution in [0.4, 0.5) is 0 Å². The van der Waals surface area contributed by atoms with Crippen LogP contribution in [0.1, 0.15) is 27.7 Å². The third kappa shape index (κ3) is 7.47. The summed E-state index contributed by atoms with van der Waals surface area (Å²) >= 11 is 0. The Hall–Kier alpha value is -2.76. The molecule has 28 heavy (non-hydrogen) atoms. The van der Waals surface area contributed by atoms with Crippen molar-refractivity contribution < 1.29 is 39.5 Å². The highest BCUT2D eigenvalue weighted by molar-refractivity contribution is 5.91. The quantitative estimate of drug-likeness (QED) is 0.241. The van der Waals surface area contributed by atoms with Crippen LogP contribution in [0.2, 0.25) is 0 Å². The highest BCUT2D eigenvalue weighted by atomic mass is 16.6. The van der Waals surface area contributed by atoms with E-state index in [9.17, 15) is 30.0 Å². The van der Waals surface area contributed by atoms with Crippen LogP contribution in [0.3, 0.4) is 0 Å². The standard InChI is InChI=1S/C18H24N2O8/c1-9(2)13(19-5)17(25)27-7-11(21)15(23)16(24)12(22)8-28-18(26)14(20-6)10(3)4/h11-12,15-16,21-24H,7-8H2,1-4H3. The van der Waals surface area contributed by atoms with Crippen molar-refractivity contribution in [3.63, 3.8) is 0 Å². The molecule has 4 unspecified atom stereocenters. The highest BCUT2D eigenvalue weighted by Crippen LogP contribution is 2.12. The molecule has 0 saturated heterocycles. The minimum atomic E-state index is -1.94. The van der Waals surface area contributed by atoms with E-state index in [2.05, 4.69) is 9.69 Å². The summed E-state index contributed by atoms with van der Waals surface area (Å²) < 4.78 is 9.40. The molecule has 0 saturated carbocycles. The molecule has 154 valence electrons. The Balaban J connectivity index is 4.74. The Labute approximate surface area is 162 Å². The summed E-state index contributed by atoms with van der Waals surface area (Å²) in [5, 5.41) is 39.3. The minimum absolute atomic E-state index is 0.274. The summed E-state index contributed by atoms with van der Waals surface area (Å²) in [4.78, 5) is 29.4. The molecule has 4 atom stereocenters. The van der Waals surface area contributed by atoms with E-state index >= 15 is 0 Å². The first-order valence-corrected chi connectivity index (χ1v) is 8.14. The third-order valence-electron chi connectivity index (χ3n) is 3.47. The molecule has 0 aromatic rings. The smallest absolute Gasteiger partial charge is 0.336 e. The van der Waals surface area contributed by atoms with Crippen molar-refractivity contribution in [3.05, 3.63) is 45.4 Å². The Morgan fingerprint density at radius 2 is 1.04 bits per heavy atom. The van der Waals surface area contributed by atoms with Crippen LogP contribution in [-0.2, 0) is 19.1 Å². The SMILES string of the molecule is [C-]#[N+]C(C(=O)OCC(O)C(O)C(O)C(O)COC(=O)C([N+]#[C-])=C(C)C)=C(C)C. The largest absolute Gasteiger partial charge is 0.468 e. The average molecular weight is 396 g/mol. The van der Waals surface area contributed by atoms with Crippen molar-refractivity contribution in [3.8, 4) is 0 Å². The molecule has 0 aromatic carbocycles. The topological polar surface area (TPSA) is 142 Å². The summed E-state index contributed by atoms with van der Waals surface area (Å²) in [5.41, 5.74) is 0.262. The van der Waals surface area contributed by atoms with Crippen LogP contribution in [-0.4, -0.2) is 70.0 Å². The first-order chi connectivity index (χ1) is 13.0. The summed E-state index contributed by atoms with van der Waals surface area (Å²) in [5.74, 6) is -2.00. The van der Waals surface area contributed by atoms with Crippen molar-refractivity contribution in [2.45, 2.75) is 52.1 Å². The number of carbonyl (C=O) groups excluding carboxylic acids is 2. The minimum Gasteiger partial charge on any atom is -0.468 e. The normalized spacial score (nSPS) is 14.4. The fourth-order valence-corrected chi connectivity index (χ4v) is 1.83. The highest BCUT2D eigenvalue weighted by Gasteiger charge is 2.32. The number of hydrogen-bond acceptors (Lipinski definition) is 8. The van der Waals surface area contributed by atoms with E-state index in [1.54, 1.807) is 0 Å². The predicted octanol–water partition coefficient (Wildman–Crippen LogP) is -0.0572. The van der Waals surface area contributed by atoms with Gasteiger partial charge in [-0.15, -0.1) is 0 Å². The second-order valence-electron chi connectivity index (χ2n) is 6.23. The number of ether oxygens (including phenoxy) is 2. The first kappa shape index (κ1) is 25.2. The molecule has 0 amide bonds. The lowest BCUT2D eigenvalue weighted by molar-refractivity contribution is -0.158. The zero-order valence-corrected chi connectivity index (χ0v) is 16.0. The Kier molecular flexibility index (Phi) is 10.7. The second-order valence-corrected chi connectivity index (χ2v) is 6.23. The van der Waals surface area contributed by atoms with Gasteiger partial charge in [-0.1, -0.05) is 38.8 Å². The molecule has 0 aliphatic carbocycles. The van der Waals surface area contributed by atoms with Gasteiger partial charge in [-0.25, -0.2) is 9.69 Å². The maximum atomic E-state index is 11.7. The lowest BCUT2D eigenvalue weighted by atomic mass is 10.0. The fourth-order valence-electron chi connectivity index (χ4n) is 1.83. The van der Waals surface area contributed by atoms with Crippen LogP contribution < -0.4 is 0 Å². The molecule has 0 spiro atoms. The van der Waals surface area contributed by atoms with Gasteiger partial charge in [0.2, 0.25) is 0 Å². The number of carbonyl (C=O) groups is 2. The van der Waals surface area contributed by atoms with Crippen LogP contribution in [0.5, 0.6) is 0 Å². The van der Waals surface area contributed by atoms with Gasteiger partial charge in [0.25, 0.3) is 11.4 Å². The zero-order valence-electron chi connectivity index (χ0n) is 16.0. The van der Waals surface area contributed by atoms with E-state index in [0.717, 1.165) is 0 Å². The monoisotopic (exact) mass is 396 g/mol. The van der Waals surface area contributed by atoms with Gasteiger partial charge in [0.15, 0.2) is 0 Å². The molecule has 0 fully saturated rings. The molecule has 0 radical (unpaired) electrons. The molecule has 0 aliphatic rings. The Morgan fingerprint density at radius 3 is 1.25 bits per heavy atom. The Bertz CT molecular complexity index is 659. The van der Waals surface area contributed by atoms with Crippen LogP contribution in [0, 0.1) is 13.1 Å². The lowest BCUT2D eigenvalue weighted by Crippen LogP contribution is -2.48. The van der Waals surface area contributed by atoms with Gasteiger partial charge < -0.3 is 29.9 Å². The molecular weight excluding hydrogens is 372 g/mol. The van der Waals surface area contributed by atoms with E-state index in [0.29, 0.717) is 11.1 Å². The molecule has 0 bridgehead atoms. The van der Waals surface area contributed by atoms with Crippen molar-refractivity contribution >= 4 is 11.9 Å². The van der Waals surface area contributed by atoms with Crippen LogP contribution >= 0.6 is 0 Å². The summed E-state index contributed by atoms with van der Waals surface area (Å²) in [6.45, 7) is 18.4. The summed E-state index contributed by atoms with van der Waals surface area (Å²) in [6, 6.07) is 0. The molecular formula is C18H24N2O8. The van der Waals surface area contributed by atoms with Crippen molar-refractivity contribution in [1.82, 2.24) is 0 Å². The third-order valence-corrected chi connectivity index (χ3v) is 3.47. The second kappa shape index (κ2) is 11.8. The number of hydrogen-bond donors (Lipinski definition) is 4. The lowest BCUT2D eigenvalue weighted by Gasteiger charge is -2.26. The molecule has 10 nitrogen and oxygen atoms in total. The van der Waals surface area contributed by atoms with E-state index in [1.165, 1.54) is 27.7 Å². The van der Waals surface area contributed by atoms with Gasteiger partial charge in [-0.05, 0) is 0 Å². The van der Waals surface area contributed by atoms with Crippen molar-refractivity contribution in [1.29, 1.82) is 0 Å². The van der Waals surface area contributed by atoms with Crippen molar-refractivity contribution in [2.75, 3.05) is 13.2 Å². The van der Waals surface area contributed by atoms with Gasteiger partial charge >= 0.3 is 11.9 Å². The summed E-state index contributed by atoms with van der Waals surface area (Å²) in [6.07, 6.45) is -7.42. The van der Waals surface area contributed by atoms with E-state index in [4.69, 9.17) is 22.6 Å². The maximum Gasteiger partial charge on any atom is 0.336 e. The summed E-state index contributed by atoms with van der Waals surface area (Å²) in [7, 11) is 0. The average Bonchev–Trinajstić information content (AvgIpc) is 2.63. The first-order valence-electron chi connectivity index (χ1n) is 8.14. The molecule has 4 N–H and O–H groups in total. The van der Waals surface area contributed by atoms with Crippen LogP contribution in [0.25, 0.3) is 9.69 Å². The molecule has 0 aromatic heterocycles. The van der Waals surface area contributed by atoms with Gasteiger partial charge in [0.05, 0.1) is 13.1 Å². The number of nitrogens with zero attached hydrogens (tertiary/aromatic N) is 2. The van der Waals surface area contributed by atoms with Gasteiger partial charge in [0, 0.05) is 0 Å². The fraction of sp³-hybridized carbons (Fsp3) is 0.556. The maximum absolute atomic E-state index is 11.7. The Morgan fingerprint density at radius 1 is 0.750 bits per heavy atom. The van der Waals surface area contributed by atoms with Gasteiger partial charge in [0.1, 0.15) is 37.6 Å². The van der Waals surface area contributed by atoms with Gasteiger partial charge in [-0.3, -0.25) is 9.59 Å². The zero-order chi connectivity index (χ0) is 22.0. The number of aliphatic hydroxyl groups excluding tert-OH is 4. The van der Waals surface area contributed by atoms with E-state index in [-0.39, 0.29) is 11.4 Å². The number of allylic oxidation sites excluding steroid dienone is 2. The number of rotatable bonds is 9. The molecule has 10 heteroatoms. The van der Waals surface area contributed by atoms with Gasteiger partial charge in [-0.2, -0.15) is 0 Å². The number of esters is 2. The number of aliphatic hydroxyl groups is 4. The molecule has 0 aliphatic heterocycles. The molecule has 0 heterocycles. The molecule has 0 rings (SSSR count).